The van der Waals surface area contributed by atoms with Crippen LogP contribution >= 0.6 is 12.6 Å². The van der Waals surface area contributed by atoms with E-state index in [9.17, 15) is 87.2 Å². The second kappa shape index (κ2) is 40.4. The number of aromatic nitrogens is 2. The number of aliphatic hydroxyl groups excluding tert-OH is 1. The van der Waals surface area contributed by atoms with Crippen LogP contribution in [0.25, 0.3) is 0 Å². The van der Waals surface area contributed by atoms with Gasteiger partial charge in [-0.25, -0.2) is 9.78 Å². The number of nitrogens with two attached hydrogens (primary N) is 3. The maximum absolute atomic E-state index is 14.3. The number of aromatic amines is 1. The highest BCUT2D eigenvalue weighted by Gasteiger charge is 2.39. The molecule has 13 amide bonds. The van der Waals surface area contributed by atoms with Crippen LogP contribution < -0.4 is 75.7 Å². The van der Waals surface area contributed by atoms with Crippen molar-refractivity contribution in [3.05, 3.63) is 18.2 Å². The first-order valence-corrected chi connectivity index (χ1v) is 30.9. The molecular weight excluding hydrogens is 1230 g/mol. The summed E-state index contributed by atoms with van der Waals surface area (Å²) in [5.74, 6) is -18.7. The Morgan fingerprint density at radius 3 is 1.43 bits per heavy atom. The molecule has 1 aromatic rings. The first-order valence-electron chi connectivity index (χ1n) is 30.3. The number of carboxylic acids is 2. The van der Waals surface area contributed by atoms with Gasteiger partial charge in [-0.1, -0.05) is 88.5 Å². The molecule has 518 valence electrons. The lowest BCUT2D eigenvalue weighted by Gasteiger charge is -2.31. The number of H-pyrrole nitrogens is 1. The van der Waals surface area contributed by atoms with Crippen molar-refractivity contribution in [1.82, 2.24) is 68.5 Å². The molecule has 0 aliphatic carbocycles. The fraction of sp³-hybridized carbons (Fsp3) is 0.684. The summed E-state index contributed by atoms with van der Waals surface area (Å²) in [5, 5.41) is 56.5. The van der Waals surface area contributed by atoms with Crippen molar-refractivity contribution >= 4 is 101 Å². The fourth-order valence-electron chi connectivity index (χ4n) is 8.86. The Morgan fingerprint density at radius 2 is 0.957 bits per heavy atom. The number of amides is 13. The predicted octanol–water partition coefficient (Wildman–Crippen LogP) is -4.91. The normalized spacial score (nSPS) is 16.1. The largest absolute Gasteiger partial charge is 0.481 e. The van der Waals surface area contributed by atoms with Gasteiger partial charge in [-0.05, 0) is 49.4 Å². The van der Waals surface area contributed by atoms with Gasteiger partial charge in [-0.15, -0.1) is 0 Å². The van der Waals surface area contributed by atoms with E-state index in [4.69, 9.17) is 17.2 Å². The minimum Gasteiger partial charge on any atom is -0.481 e. The molecule has 15 atom stereocenters. The van der Waals surface area contributed by atoms with Crippen molar-refractivity contribution in [1.29, 1.82) is 0 Å². The van der Waals surface area contributed by atoms with Gasteiger partial charge in [0.2, 0.25) is 76.8 Å². The van der Waals surface area contributed by atoms with Crippen molar-refractivity contribution in [2.24, 2.45) is 46.8 Å². The van der Waals surface area contributed by atoms with Gasteiger partial charge in [0.15, 0.2) is 0 Å². The number of hydrogen-bond donors (Lipinski definition) is 19. The van der Waals surface area contributed by atoms with Crippen molar-refractivity contribution in [3.63, 3.8) is 0 Å². The Morgan fingerprint density at radius 1 is 0.522 bits per heavy atom. The number of carbonyl (C=O) groups excluding carboxylic acids is 13. The van der Waals surface area contributed by atoms with Gasteiger partial charge < -0.3 is 96.0 Å². The summed E-state index contributed by atoms with van der Waals surface area (Å²) >= 11 is 4.21. The molecule has 0 aliphatic heterocycles. The molecule has 1 rings (SSSR count). The van der Waals surface area contributed by atoms with Gasteiger partial charge in [0.25, 0.3) is 0 Å². The molecule has 1 aromatic heterocycles. The van der Waals surface area contributed by atoms with Crippen molar-refractivity contribution in [3.8, 4) is 0 Å². The smallest absolute Gasteiger partial charge is 0.326 e. The number of nitrogens with zero attached hydrogens (tertiary/aromatic N) is 1. The molecule has 0 saturated heterocycles. The molecule has 0 saturated carbocycles. The van der Waals surface area contributed by atoms with E-state index in [0.717, 1.165) is 0 Å². The minimum atomic E-state index is -1.89. The Labute approximate surface area is 539 Å². The Balaban J connectivity index is 3.41. The summed E-state index contributed by atoms with van der Waals surface area (Å²) < 4.78 is 0. The first-order chi connectivity index (χ1) is 42.9. The van der Waals surface area contributed by atoms with Crippen molar-refractivity contribution in [2.75, 3.05) is 12.3 Å². The standard InChI is InChI=1S/C57H96N16O18S/c1-12-27(8)43(71-55(88)44(28(9)13-2)70-51(84)35(18-31-21-61-24-63-31)67-56(89)46(30(11)74)73-47(80)32(58)19-38(59)75)54(87)68-37(23-92)52(85)65-36(20-39(60)76)49(82)64-33(15-16-41(78)79)48(81)62-22-40(77)69-42(26(6)7)53(86)66-34(17-25(4)5)50(83)72-45(57(90)91)29(10)14-3/h21,24-30,32-37,42-46,74,92H,12-20,22-23,58H2,1-11H3,(H2,59,75)(H2,60,76)(H,61,63)(H,62,81)(H,64,82)(H,65,85)(H,66,86)(H,67,89)(H,68,87)(H,69,77)(H,70,84)(H,71,88)(H,72,83)(H,73,80)(H,78,79)(H,90,91)/t27-,28-,29-,30+,32-,33-,34-,35-,36-,37-,42-,43-,44-,45-,46-/m0/s1. The maximum atomic E-state index is 14.3. The third-order valence-corrected chi connectivity index (χ3v) is 15.3. The number of primary amides is 2. The van der Waals surface area contributed by atoms with E-state index in [1.54, 1.807) is 69.2 Å². The van der Waals surface area contributed by atoms with Gasteiger partial charge >= 0.3 is 11.9 Å². The molecule has 35 heteroatoms. The number of aliphatic hydroxyl groups is 1. The fourth-order valence-corrected chi connectivity index (χ4v) is 9.12. The Hall–Kier alpha value is -8.47. The number of hydrogen-bond acceptors (Lipinski definition) is 19. The van der Waals surface area contributed by atoms with Crippen LogP contribution in [0.1, 0.15) is 133 Å². The van der Waals surface area contributed by atoms with Crippen LogP contribution in [0, 0.1) is 29.6 Å². The zero-order chi connectivity index (χ0) is 70.4. The van der Waals surface area contributed by atoms with E-state index in [-0.39, 0.29) is 31.6 Å². The SMILES string of the molecule is CC[C@H](C)[C@H](NC(=O)[C@H](CC(C)C)NC(=O)[C@@H](NC(=O)CNC(=O)[C@H](CCC(=O)O)NC(=O)[C@H](CC(N)=O)NC(=O)[C@H](CS)NC(=O)[C@@H](NC(=O)[C@@H](NC(=O)[C@H](Cc1cnc[nH]1)NC(=O)[C@@H](NC(=O)[C@@H](N)CC(N)=O)[C@@H](C)O)[C@@H](C)CC)[C@@H](C)CC)C(C)C)C(=O)O. The van der Waals surface area contributed by atoms with E-state index in [1.807, 2.05) is 0 Å². The van der Waals surface area contributed by atoms with E-state index < -0.39 is 223 Å². The number of nitrogens with one attached hydrogen (secondary N) is 12. The van der Waals surface area contributed by atoms with Gasteiger partial charge in [0.05, 0.1) is 37.9 Å². The Bertz CT molecular complexity index is 2720. The van der Waals surface area contributed by atoms with Gasteiger partial charge in [0.1, 0.15) is 60.4 Å². The average molecular weight is 1330 g/mol. The first kappa shape index (κ1) is 81.5. The topological polar surface area (TPSA) is 556 Å². The van der Waals surface area contributed by atoms with Crippen LogP contribution in [0.3, 0.4) is 0 Å². The highest BCUT2D eigenvalue weighted by molar-refractivity contribution is 7.80. The molecule has 92 heavy (non-hydrogen) atoms. The second-order valence-corrected chi connectivity index (χ2v) is 23.8. The molecule has 1 heterocycles. The molecule has 0 unspecified atom stereocenters. The lowest BCUT2D eigenvalue weighted by Crippen LogP contribution is -2.63. The summed E-state index contributed by atoms with van der Waals surface area (Å²) in [4.78, 5) is 205. The van der Waals surface area contributed by atoms with E-state index in [1.165, 1.54) is 19.4 Å². The van der Waals surface area contributed by atoms with Crippen LogP contribution in [0.5, 0.6) is 0 Å². The van der Waals surface area contributed by atoms with Gasteiger partial charge in [0, 0.05) is 30.5 Å². The molecule has 0 bridgehead atoms. The van der Waals surface area contributed by atoms with Crippen LogP contribution in [-0.2, 0) is 78.3 Å². The molecule has 34 nitrogen and oxygen atoms in total. The molecule has 0 spiro atoms. The third kappa shape index (κ3) is 28.4. The highest BCUT2D eigenvalue weighted by atomic mass is 32.1. The van der Waals surface area contributed by atoms with Crippen molar-refractivity contribution < 1.29 is 87.2 Å². The number of imidazole rings is 1. The summed E-state index contributed by atoms with van der Waals surface area (Å²) in [7, 11) is 0. The van der Waals surface area contributed by atoms with E-state index in [2.05, 4.69) is 81.1 Å². The summed E-state index contributed by atoms with van der Waals surface area (Å²) in [5.41, 5.74) is 16.7. The lowest BCUT2D eigenvalue weighted by atomic mass is 9.94. The van der Waals surface area contributed by atoms with Gasteiger partial charge in [-0.2, -0.15) is 12.6 Å². The second-order valence-electron chi connectivity index (χ2n) is 23.5. The van der Waals surface area contributed by atoms with E-state index in [0.29, 0.717) is 12.1 Å². The lowest BCUT2D eigenvalue weighted by molar-refractivity contribution is -0.144. The predicted molar refractivity (Wildman–Crippen MR) is 333 cm³/mol. The highest BCUT2D eigenvalue weighted by Crippen LogP contribution is 2.16. The monoisotopic (exact) mass is 1320 g/mol. The summed E-state index contributed by atoms with van der Waals surface area (Å²) in [6, 6.07) is -16.6. The zero-order valence-corrected chi connectivity index (χ0v) is 54.7. The molecule has 0 aliphatic rings. The summed E-state index contributed by atoms with van der Waals surface area (Å²) in [6.45, 7) is 17.0. The van der Waals surface area contributed by atoms with Crippen LogP contribution in [0.15, 0.2) is 12.5 Å². The Kier molecular flexibility index (Phi) is 35.8. The van der Waals surface area contributed by atoms with Crippen LogP contribution in [0.4, 0.5) is 0 Å². The number of carboxylic acid groups (broad SMARTS) is 2. The van der Waals surface area contributed by atoms with Crippen molar-refractivity contribution in [2.45, 2.75) is 207 Å². The zero-order valence-electron chi connectivity index (χ0n) is 53.8. The number of carbonyl (C=O) groups is 15. The molecular formula is C57H96N16O18S. The number of thiol groups is 1. The molecule has 0 aromatic carbocycles. The van der Waals surface area contributed by atoms with Crippen LogP contribution in [-0.4, -0.2) is 199 Å². The molecule has 0 radical (unpaired) electrons. The molecule has 21 N–H and O–H groups in total. The average Bonchev–Trinajstić information content (AvgIpc) is 0.992. The number of rotatable bonds is 43. The van der Waals surface area contributed by atoms with E-state index >= 15 is 0 Å². The van der Waals surface area contributed by atoms with Gasteiger partial charge in [-0.3, -0.25) is 67.1 Å². The van der Waals surface area contributed by atoms with Crippen LogP contribution in [0.2, 0.25) is 0 Å². The summed E-state index contributed by atoms with van der Waals surface area (Å²) in [6.07, 6.45) is -0.990. The molecule has 0 fully saturated rings. The number of aliphatic carboxylic acids is 2. The quantitative estimate of drug-likeness (QED) is 0.0273. The third-order valence-electron chi connectivity index (χ3n) is 15.0. The minimum absolute atomic E-state index is 0.0941. The maximum Gasteiger partial charge on any atom is 0.326 e.